The first-order valence-electron chi connectivity index (χ1n) is 7.11. The third-order valence-corrected chi connectivity index (χ3v) is 4.03. The maximum atomic E-state index is 11.5. The summed E-state index contributed by atoms with van der Waals surface area (Å²) in [5.74, 6) is -0.693. The second-order valence-corrected chi connectivity index (χ2v) is 5.58. The maximum Gasteiger partial charge on any atom is 0.321 e. The van der Waals surface area contributed by atoms with Crippen LogP contribution in [0, 0.1) is 13.8 Å². The summed E-state index contributed by atoms with van der Waals surface area (Å²) in [5, 5.41) is 9.49. The van der Waals surface area contributed by atoms with E-state index in [2.05, 4.69) is 36.9 Å². The van der Waals surface area contributed by atoms with Gasteiger partial charge in [-0.3, -0.25) is 9.69 Å². The lowest BCUT2D eigenvalue weighted by molar-refractivity contribution is -0.143. The minimum absolute atomic E-state index is 0.373. The van der Waals surface area contributed by atoms with Crippen LogP contribution in [0.5, 0.6) is 0 Å². The Labute approximate surface area is 115 Å². The fourth-order valence-electron chi connectivity index (χ4n) is 2.89. The van der Waals surface area contributed by atoms with E-state index in [1.165, 1.54) is 17.5 Å². The van der Waals surface area contributed by atoms with Crippen molar-refractivity contribution < 1.29 is 9.90 Å². The largest absolute Gasteiger partial charge is 0.480 e. The van der Waals surface area contributed by atoms with E-state index in [4.69, 9.17) is 0 Å². The quantitative estimate of drug-likeness (QED) is 0.906. The van der Waals surface area contributed by atoms with Crippen LogP contribution in [-0.4, -0.2) is 35.1 Å². The molecule has 3 heteroatoms. The van der Waals surface area contributed by atoms with E-state index >= 15 is 0 Å². The molecule has 1 atom stereocenters. The molecule has 0 bridgehead atoms. The monoisotopic (exact) mass is 261 g/mol. The average molecular weight is 261 g/mol. The number of hydrogen-bond acceptors (Lipinski definition) is 2. The van der Waals surface area contributed by atoms with E-state index < -0.39 is 5.97 Å². The molecule has 0 aromatic heterocycles. The molecule has 3 nitrogen and oxygen atoms in total. The van der Waals surface area contributed by atoms with E-state index in [1.54, 1.807) is 0 Å². The van der Waals surface area contributed by atoms with Crippen molar-refractivity contribution in [3.8, 4) is 0 Å². The molecule has 0 amide bonds. The van der Waals surface area contributed by atoms with Crippen LogP contribution in [0.1, 0.15) is 36.0 Å². The molecule has 1 aromatic carbocycles. The molecule has 0 spiro atoms. The molecule has 0 saturated carbocycles. The predicted molar refractivity (Wildman–Crippen MR) is 76.5 cm³/mol. The van der Waals surface area contributed by atoms with Gasteiger partial charge in [0.1, 0.15) is 6.04 Å². The molecule has 1 saturated heterocycles. The highest BCUT2D eigenvalue weighted by atomic mass is 16.4. The third-order valence-electron chi connectivity index (χ3n) is 4.03. The molecule has 19 heavy (non-hydrogen) atoms. The number of nitrogens with zero attached hydrogens (tertiary/aromatic N) is 1. The summed E-state index contributed by atoms with van der Waals surface area (Å²) in [6.45, 7) is 5.97. The Morgan fingerprint density at radius 3 is 2.53 bits per heavy atom. The van der Waals surface area contributed by atoms with E-state index in [0.717, 1.165) is 31.5 Å². The van der Waals surface area contributed by atoms with Crippen molar-refractivity contribution in [2.24, 2.45) is 0 Å². The highest BCUT2D eigenvalue weighted by molar-refractivity contribution is 5.74. The zero-order chi connectivity index (χ0) is 13.8. The number of carboxylic acids is 1. The van der Waals surface area contributed by atoms with E-state index in [0.29, 0.717) is 6.42 Å². The summed E-state index contributed by atoms with van der Waals surface area (Å²) in [5.41, 5.74) is 3.58. The lowest BCUT2D eigenvalue weighted by atomic mass is 9.97. The molecular weight excluding hydrogens is 238 g/mol. The Kier molecular flexibility index (Phi) is 4.59. The van der Waals surface area contributed by atoms with Crippen LogP contribution in [-0.2, 0) is 11.2 Å². The Hall–Kier alpha value is -1.35. The van der Waals surface area contributed by atoms with Crippen LogP contribution in [0.3, 0.4) is 0 Å². The predicted octanol–water partition coefficient (Wildman–Crippen LogP) is 2.79. The van der Waals surface area contributed by atoms with Gasteiger partial charge in [0.05, 0.1) is 0 Å². The maximum absolute atomic E-state index is 11.5. The van der Waals surface area contributed by atoms with Gasteiger partial charge < -0.3 is 5.11 Å². The first-order valence-corrected chi connectivity index (χ1v) is 7.11. The van der Waals surface area contributed by atoms with Crippen molar-refractivity contribution in [3.63, 3.8) is 0 Å². The van der Waals surface area contributed by atoms with Gasteiger partial charge in [0, 0.05) is 0 Å². The van der Waals surface area contributed by atoms with Gasteiger partial charge in [0.25, 0.3) is 0 Å². The number of rotatable bonds is 4. The van der Waals surface area contributed by atoms with Crippen molar-refractivity contribution in [1.82, 2.24) is 4.90 Å². The second kappa shape index (κ2) is 6.20. The number of benzene rings is 1. The van der Waals surface area contributed by atoms with Crippen LogP contribution in [0.25, 0.3) is 0 Å². The molecule has 1 fully saturated rings. The van der Waals surface area contributed by atoms with Crippen molar-refractivity contribution in [3.05, 3.63) is 34.9 Å². The normalized spacial score (nSPS) is 18.2. The first-order chi connectivity index (χ1) is 9.08. The number of hydrogen-bond donors (Lipinski definition) is 1. The first kappa shape index (κ1) is 14.1. The van der Waals surface area contributed by atoms with Crippen molar-refractivity contribution in [2.45, 2.75) is 45.6 Å². The summed E-state index contributed by atoms with van der Waals surface area (Å²) in [6, 6.07) is 5.90. The number of carboxylic acid groups (broad SMARTS) is 1. The summed E-state index contributed by atoms with van der Waals surface area (Å²) < 4.78 is 0. The van der Waals surface area contributed by atoms with Gasteiger partial charge in [0.15, 0.2) is 0 Å². The van der Waals surface area contributed by atoms with Crippen molar-refractivity contribution in [1.29, 1.82) is 0 Å². The van der Waals surface area contributed by atoms with Crippen molar-refractivity contribution >= 4 is 5.97 Å². The van der Waals surface area contributed by atoms with Gasteiger partial charge in [0.2, 0.25) is 0 Å². The summed E-state index contributed by atoms with van der Waals surface area (Å²) in [7, 11) is 0. The molecule has 0 radical (unpaired) electrons. The van der Waals surface area contributed by atoms with E-state index in [9.17, 15) is 9.90 Å². The Morgan fingerprint density at radius 2 is 1.95 bits per heavy atom. The molecule has 1 aromatic rings. The molecule has 1 heterocycles. The van der Waals surface area contributed by atoms with Crippen molar-refractivity contribution in [2.75, 3.05) is 13.1 Å². The highest BCUT2D eigenvalue weighted by Crippen LogP contribution is 2.18. The number of likely N-dealkylation sites (tertiary alicyclic amines) is 1. The number of aryl methyl sites for hydroxylation is 2. The lowest BCUT2D eigenvalue weighted by Gasteiger charge is -2.32. The summed E-state index contributed by atoms with van der Waals surface area (Å²) in [6.07, 6.45) is 4.08. The van der Waals surface area contributed by atoms with Gasteiger partial charge in [-0.1, -0.05) is 30.2 Å². The zero-order valence-electron chi connectivity index (χ0n) is 11.9. The number of aliphatic carboxylic acids is 1. The fraction of sp³-hybridized carbons (Fsp3) is 0.562. The molecule has 104 valence electrons. The van der Waals surface area contributed by atoms with Gasteiger partial charge in [-0.05, 0) is 57.3 Å². The SMILES string of the molecule is Cc1ccc(C[C@H](C(=O)O)N2CCCCC2)c(C)c1. The van der Waals surface area contributed by atoms with Crippen LogP contribution in [0.2, 0.25) is 0 Å². The smallest absolute Gasteiger partial charge is 0.321 e. The Balaban J connectivity index is 2.13. The molecule has 0 unspecified atom stereocenters. The molecule has 1 N–H and O–H groups in total. The molecular formula is C16H23NO2. The summed E-state index contributed by atoms with van der Waals surface area (Å²) in [4.78, 5) is 13.7. The lowest BCUT2D eigenvalue weighted by Crippen LogP contribution is -2.45. The van der Waals surface area contributed by atoms with Gasteiger partial charge in [-0.25, -0.2) is 0 Å². The molecule has 0 aliphatic carbocycles. The molecule has 1 aliphatic rings. The molecule has 2 rings (SSSR count). The molecule has 1 aliphatic heterocycles. The van der Waals surface area contributed by atoms with Crippen LogP contribution >= 0.6 is 0 Å². The van der Waals surface area contributed by atoms with Gasteiger partial charge in [-0.2, -0.15) is 0 Å². The van der Waals surface area contributed by atoms with Gasteiger partial charge >= 0.3 is 5.97 Å². The standard InChI is InChI=1S/C16H23NO2/c1-12-6-7-14(13(2)10-12)11-15(16(18)19)17-8-4-3-5-9-17/h6-7,10,15H,3-5,8-9,11H2,1-2H3,(H,18,19)/t15-/m1/s1. The number of carbonyl (C=O) groups is 1. The van der Waals surface area contributed by atoms with Gasteiger partial charge in [-0.15, -0.1) is 0 Å². The third kappa shape index (κ3) is 3.57. The highest BCUT2D eigenvalue weighted by Gasteiger charge is 2.27. The fourth-order valence-corrected chi connectivity index (χ4v) is 2.89. The summed E-state index contributed by atoms with van der Waals surface area (Å²) >= 11 is 0. The minimum Gasteiger partial charge on any atom is -0.480 e. The van der Waals surface area contributed by atoms with E-state index in [-0.39, 0.29) is 6.04 Å². The van der Waals surface area contributed by atoms with Crippen LogP contribution in [0.4, 0.5) is 0 Å². The van der Waals surface area contributed by atoms with E-state index in [1.807, 2.05) is 0 Å². The average Bonchev–Trinajstić information content (AvgIpc) is 2.38. The van der Waals surface area contributed by atoms with Crippen LogP contribution < -0.4 is 0 Å². The topological polar surface area (TPSA) is 40.5 Å². The Morgan fingerprint density at radius 1 is 1.26 bits per heavy atom. The minimum atomic E-state index is -0.693. The van der Waals surface area contributed by atoms with Crippen LogP contribution in [0.15, 0.2) is 18.2 Å². The Bertz CT molecular complexity index is 450. The number of piperidine rings is 1. The second-order valence-electron chi connectivity index (χ2n) is 5.58. The zero-order valence-corrected chi connectivity index (χ0v) is 11.9.